The number of hydrogen-bond donors (Lipinski definition) is 3. The molecule has 0 fully saturated rings. The zero-order chi connectivity index (χ0) is 18.9. The molecule has 1 aromatic heterocycles. The summed E-state index contributed by atoms with van der Waals surface area (Å²) in [4.78, 5) is 35.7. The lowest BCUT2D eigenvalue weighted by molar-refractivity contribution is -0.130. The van der Waals surface area contributed by atoms with Crippen molar-refractivity contribution in [3.63, 3.8) is 0 Å². The smallest absolute Gasteiger partial charge is 0.244 e. The lowest BCUT2D eigenvalue weighted by Gasteiger charge is -2.19. The van der Waals surface area contributed by atoms with E-state index in [0.717, 1.165) is 5.56 Å². The van der Waals surface area contributed by atoms with Gasteiger partial charge >= 0.3 is 0 Å². The maximum absolute atomic E-state index is 12.2. The van der Waals surface area contributed by atoms with Crippen LogP contribution in [-0.4, -0.2) is 29.8 Å². The minimum Gasteiger partial charge on any atom is -0.465 e. The van der Waals surface area contributed by atoms with Gasteiger partial charge in [-0.3, -0.25) is 14.4 Å². The minimum absolute atomic E-state index is 0.279. The van der Waals surface area contributed by atoms with Crippen LogP contribution in [0.2, 0.25) is 0 Å². The fourth-order valence-corrected chi connectivity index (χ4v) is 2.24. The highest BCUT2D eigenvalue weighted by Crippen LogP contribution is 2.04. The van der Waals surface area contributed by atoms with Crippen molar-refractivity contribution in [2.24, 2.45) is 5.73 Å². The van der Waals surface area contributed by atoms with Gasteiger partial charge in [-0.15, -0.1) is 0 Å². The van der Waals surface area contributed by atoms with E-state index in [4.69, 9.17) is 10.2 Å². The molecular formula is C19H21N3O4. The van der Waals surface area contributed by atoms with Crippen LogP contribution in [0.25, 0.3) is 6.08 Å². The van der Waals surface area contributed by atoms with Gasteiger partial charge in [0.25, 0.3) is 0 Å². The van der Waals surface area contributed by atoms with Crippen LogP contribution in [0.15, 0.2) is 59.2 Å². The van der Waals surface area contributed by atoms with E-state index in [0.29, 0.717) is 5.76 Å². The van der Waals surface area contributed by atoms with Gasteiger partial charge in [-0.1, -0.05) is 30.3 Å². The lowest BCUT2D eigenvalue weighted by Crippen LogP contribution is -2.52. The van der Waals surface area contributed by atoms with E-state index in [-0.39, 0.29) is 6.42 Å². The molecule has 0 aliphatic heterocycles. The molecule has 2 rings (SSSR count). The summed E-state index contributed by atoms with van der Waals surface area (Å²) in [6.07, 6.45) is 4.52. The molecule has 0 unspecified atom stereocenters. The molecule has 7 heteroatoms. The van der Waals surface area contributed by atoms with Crippen LogP contribution >= 0.6 is 0 Å². The van der Waals surface area contributed by atoms with Crippen LogP contribution in [-0.2, 0) is 20.8 Å². The molecule has 2 aromatic rings. The maximum atomic E-state index is 12.2. The first-order valence-corrected chi connectivity index (χ1v) is 8.11. The molecule has 0 saturated carbocycles. The predicted octanol–water partition coefficient (Wildman–Crippen LogP) is 1.01. The van der Waals surface area contributed by atoms with Crippen molar-refractivity contribution in [1.82, 2.24) is 10.6 Å². The van der Waals surface area contributed by atoms with Gasteiger partial charge in [-0.05, 0) is 30.7 Å². The van der Waals surface area contributed by atoms with Crippen LogP contribution in [0.3, 0.4) is 0 Å². The van der Waals surface area contributed by atoms with E-state index in [9.17, 15) is 14.4 Å². The monoisotopic (exact) mass is 355 g/mol. The number of carbonyl (C=O) groups excluding carboxylic acids is 3. The number of amides is 3. The number of nitrogens with two attached hydrogens (primary N) is 1. The Morgan fingerprint density at radius 2 is 1.85 bits per heavy atom. The van der Waals surface area contributed by atoms with Crippen molar-refractivity contribution in [3.8, 4) is 0 Å². The fourth-order valence-electron chi connectivity index (χ4n) is 2.24. The second kappa shape index (κ2) is 9.22. The molecule has 2 atom stereocenters. The van der Waals surface area contributed by atoms with Crippen molar-refractivity contribution < 1.29 is 18.8 Å². The first-order chi connectivity index (χ1) is 12.5. The van der Waals surface area contributed by atoms with Crippen LogP contribution in [0, 0.1) is 0 Å². The summed E-state index contributed by atoms with van der Waals surface area (Å²) in [5, 5.41) is 5.09. The Hall–Kier alpha value is -3.35. The highest BCUT2D eigenvalue weighted by Gasteiger charge is 2.22. The Bertz CT molecular complexity index is 769. The lowest BCUT2D eigenvalue weighted by atomic mass is 10.1. The van der Waals surface area contributed by atoms with Crippen molar-refractivity contribution in [2.45, 2.75) is 25.4 Å². The quantitative estimate of drug-likeness (QED) is 0.613. The molecule has 0 aliphatic carbocycles. The van der Waals surface area contributed by atoms with E-state index in [2.05, 4.69) is 10.6 Å². The zero-order valence-electron chi connectivity index (χ0n) is 14.3. The largest absolute Gasteiger partial charge is 0.465 e. The molecule has 136 valence electrons. The van der Waals surface area contributed by atoms with Gasteiger partial charge in [0.1, 0.15) is 17.8 Å². The Labute approximate surface area is 151 Å². The van der Waals surface area contributed by atoms with E-state index in [1.54, 1.807) is 12.1 Å². The van der Waals surface area contributed by atoms with Crippen molar-refractivity contribution in [1.29, 1.82) is 0 Å². The summed E-state index contributed by atoms with van der Waals surface area (Å²) in [5.74, 6) is -1.07. The Balaban J connectivity index is 1.89. The van der Waals surface area contributed by atoms with Gasteiger partial charge in [-0.25, -0.2) is 0 Å². The van der Waals surface area contributed by atoms with E-state index in [1.807, 2.05) is 30.3 Å². The summed E-state index contributed by atoms with van der Waals surface area (Å²) < 4.78 is 5.07. The summed E-state index contributed by atoms with van der Waals surface area (Å²) in [6, 6.07) is 10.9. The van der Waals surface area contributed by atoms with Crippen LogP contribution < -0.4 is 16.4 Å². The van der Waals surface area contributed by atoms with E-state index in [1.165, 1.54) is 25.3 Å². The average Bonchev–Trinajstić information content (AvgIpc) is 3.13. The average molecular weight is 355 g/mol. The van der Waals surface area contributed by atoms with E-state index < -0.39 is 29.8 Å². The van der Waals surface area contributed by atoms with Crippen molar-refractivity contribution in [2.75, 3.05) is 0 Å². The van der Waals surface area contributed by atoms with Gasteiger partial charge in [0.2, 0.25) is 17.7 Å². The number of benzene rings is 1. The van der Waals surface area contributed by atoms with Crippen LogP contribution in [0.4, 0.5) is 0 Å². The van der Waals surface area contributed by atoms with Gasteiger partial charge in [0, 0.05) is 12.5 Å². The fraction of sp³-hybridized carbons (Fsp3) is 0.211. The predicted molar refractivity (Wildman–Crippen MR) is 96.6 cm³/mol. The number of furan rings is 1. The third-order valence-electron chi connectivity index (χ3n) is 3.64. The first kappa shape index (κ1) is 19.0. The molecular weight excluding hydrogens is 334 g/mol. The molecule has 0 spiro atoms. The van der Waals surface area contributed by atoms with E-state index >= 15 is 0 Å². The molecule has 0 bridgehead atoms. The molecule has 7 nitrogen and oxygen atoms in total. The molecule has 1 aromatic carbocycles. The third kappa shape index (κ3) is 5.94. The van der Waals surface area contributed by atoms with Gasteiger partial charge in [0.05, 0.1) is 6.26 Å². The van der Waals surface area contributed by atoms with Gasteiger partial charge in [0.15, 0.2) is 0 Å². The van der Waals surface area contributed by atoms with Crippen molar-refractivity contribution in [3.05, 3.63) is 66.1 Å². The van der Waals surface area contributed by atoms with Crippen LogP contribution in [0.5, 0.6) is 0 Å². The maximum Gasteiger partial charge on any atom is 0.244 e. The van der Waals surface area contributed by atoms with Gasteiger partial charge in [-0.2, -0.15) is 0 Å². The minimum atomic E-state index is -0.858. The Morgan fingerprint density at radius 1 is 1.12 bits per heavy atom. The molecule has 26 heavy (non-hydrogen) atoms. The first-order valence-electron chi connectivity index (χ1n) is 8.11. The number of primary amides is 1. The standard InChI is InChI=1S/C19H21N3O4/c1-13(21-17(23)10-9-15-8-5-11-26-15)19(25)22-16(18(20)24)12-14-6-3-2-4-7-14/h2-11,13,16H,12H2,1H3,(H2,20,24)(H,21,23)(H,22,25)/b10-9+/t13-,16+/m1/s1. The topological polar surface area (TPSA) is 114 Å². The molecule has 4 N–H and O–H groups in total. The SMILES string of the molecule is C[C@@H](NC(=O)/C=C/c1ccco1)C(=O)N[C@@H](Cc1ccccc1)C(N)=O. The summed E-state index contributed by atoms with van der Waals surface area (Å²) in [5.41, 5.74) is 6.24. The number of rotatable bonds is 8. The van der Waals surface area contributed by atoms with Crippen molar-refractivity contribution >= 4 is 23.8 Å². The zero-order valence-corrected chi connectivity index (χ0v) is 14.3. The number of hydrogen-bond acceptors (Lipinski definition) is 4. The highest BCUT2D eigenvalue weighted by atomic mass is 16.3. The summed E-state index contributed by atoms with van der Waals surface area (Å²) >= 11 is 0. The Morgan fingerprint density at radius 3 is 2.46 bits per heavy atom. The third-order valence-corrected chi connectivity index (χ3v) is 3.64. The molecule has 3 amide bonds. The normalized spacial score (nSPS) is 13.1. The molecule has 0 saturated heterocycles. The number of carbonyl (C=O) groups is 3. The summed E-state index contributed by atoms with van der Waals surface area (Å²) in [6.45, 7) is 1.52. The second-order valence-corrected chi connectivity index (χ2v) is 5.73. The highest BCUT2D eigenvalue weighted by molar-refractivity contribution is 5.96. The second-order valence-electron chi connectivity index (χ2n) is 5.73. The van der Waals surface area contributed by atoms with Gasteiger partial charge < -0.3 is 20.8 Å². The number of nitrogens with one attached hydrogen (secondary N) is 2. The molecule has 0 radical (unpaired) electrons. The van der Waals surface area contributed by atoms with Crippen LogP contribution in [0.1, 0.15) is 18.2 Å². The Kier molecular flexibility index (Phi) is 6.73. The molecule has 0 aliphatic rings. The summed E-state index contributed by atoms with van der Waals surface area (Å²) in [7, 11) is 0. The molecule has 1 heterocycles.